The lowest BCUT2D eigenvalue weighted by Crippen LogP contribution is -2.32. The molecular formula is C31H26ClNO5S. The molecule has 0 saturated carbocycles. The lowest BCUT2D eigenvalue weighted by molar-refractivity contribution is -0.123. The number of aryl methyl sites for hydroxylation is 1. The highest BCUT2D eigenvalue weighted by Crippen LogP contribution is 2.39. The van der Waals surface area contributed by atoms with Crippen LogP contribution in [0.5, 0.6) is 17.2 Å². The van der Waals surface area contributed by atoms with Crippen LogP contribution in [-0.2, 0) is 11.4 Å². The number of amides is 2. The molecule has 5 rings (SSSR count). The molecule has 0 aliphatic carbocycles. The number of carbonyl (C=O) groups is 2. The minimum Gasteiger partial charge on any atom is -0.493 e. The first-order chi connectivity index (χ1) is 18.9. The first kappa shape index (κ1) is 26.7. The Balaban J connectivity index is 1.26. The highest BCUT2D eigenvalue weighted by Gasteiger charge is 2.35. The fourth-order valence-corrected chi connectivity index (χ4v) is 5.47. The van der Waals surface area contributed by atoms with Gasteiger partial charge in [-0.15, -0.1) is 0 Å². The van der Waals surface area contributed by atoms with E-state index in [0.29, 0.717) is 39.3 Å². The fourth-order valence-electron chi connectivity index (χ4n) is 4.33. The van der Waals surface area contributed by atoms with Crippen LogP contribution >= 0.6 is 23.4 Å². The number of hydrogen-bond donors (Lipinski definition) is 0. The summed E-state index contributed by atoms with van der Waals surface area (Å²) in [6.45, 7) is 2.68. The van der Waals surface area contributed by atoms with Gasteiger partial charge in [-0.1, -0.05) is 77.8 Å². The molecule has 4 aromatic rings. The van der Waals surface area contributed by atoms with Crippen molar-refractivity contribution in [2.24, 2.45) is 0 Å². The molecule has 0 spiro atoms. The number of benzene rings is 4. The number of fused-ring (bicyclic) bond motifs is 1. The maximum atomic E-state index is 13.0. The van der Waals surface area contributed by atoms with Crippen molar-refractivity contribution in [1.82, 2.24) is 4.90 Å². The molecule has 1 aliphatic heterocycles. The van der Waals surface area contributed by atoms with Crippen molar-refractivity contribution in [1.29, 1.82) is 0 Å². The van der Waals surface area contributed by atoms with Crippen LogP contribution in [0, 0.1) is 6.92 Å². The average molecular weight is 560 g/mol. The molecule has 0 radical (unpaired) electrons. The molecule has 0 unspecified atom stereocenters. The number of rotatable bonds is 9. The molecule has 6 nitrogen and oxygen atoms in total. The monoisotopic (exact) mass is 559 g/mol. The number of thioether (sulfide) groups is 1. The maximum absolute atomic E-state index is 13.0. The number of carbonyl (C=O) groups excluding carboxylic acids is 2. The summed E-state index contributed by atoms with van der Waals surface area (Å²) in [6.07, 6.45) is 1.63. The van der Waals surface area contributed by atoms with Crippen LogP contribution in [-0.4, -0.2) is 36.3 Å². The fraction of sp³-hybridized carbons (Fsp3) is 0.161. The second-order valence-corrected chi connectivity index (χ2v) is 10.4. The molecule has 1 aliphatic rings. The Morgan fingerprint density at radius 2 is 1.72 bits per heavy atom. The summed E-state index contributed by atoms with van der Waals surface area (Å²) in [4.78, 5) is 27.2. The second-order valence-electron chi connectivity index (χ2n) is 8.97. The molecule has 1 fully saturated rings. The normalized spacial score (nSPS) is 14.3. The van der Waals surface area contributed by atoms with Crippen molar-refractivity contribution in [3.05, 3.63) is 105 Å². The molecule has 39 heavy (non-hydrogen) atoms. The molecule has 0 N–H and O–H groups in total. The highest BCUT2D eigenvalue weighted by molar-refractivity contribution is 8.18. The van der Waals surface area contributed by atoms with Crippen LogP contribution in [0.2, 0.25) is 5.02 Å². The third-order valence-corrected chi connectivity index (χ3v) is 7.40. The largest absolute Gasteiger partial charge is 0.493 e. The van der Waals surface area contributed by atoms with Crippen molar-refractivity contribution in [3.63, 3.8) is 0 Å². The van der Waals surface area contributed by atoms with Gasteiger partial charge < -0.3 is 14.2 Å². The van der Waals surface area contributed by atoms with Gasteiger partial charge in [-0.2, -0.15) is 0 Å². The molecule has 0 atom stereocenters. The summed E-state index contributed by atoms with van der Waals surface area (Å²) in [5, 5.41) is 2.04. The van der Waals surface area contributed by atoms with E-state index in [1.165, 1.54) is 12.0 Å². The van der Waals surface area contributed by atoms with Crippen LogP contribution in [0.25, 0.3) is 16.8 Å². The average Bonchev–Trinajstić information content (AvgIpc) is 3.19. The van der Waals surface area contributed by atoms with E-state index < -0.39 is 0 Å². The quantitative estimate of drug-likeness (QED) is 0.198. The van der Waals surface area contributed by atoms with Gasteiger partial charge in [-0.05, 0) is 59.5 Å². The Morgan fingerprint density at radius 1 is 0.923 bits per heavy atom. The lowest BCUT2D eigenvalue weighted by atomic mass is 10.1. The topological polar surface area (TPSA) is 65.1 Å². The van der Waals surface area contributed by atoms with E-state index in [1.807, 2.05) is 73.7 Å². The molecule has 4 aromatic carbocycles. The SMILES string of the molecule is COc1cc(/C=C2\SC(=O)N(CCOc3cccc4ccccc34)C2=O)cc(Cl)c1OCc1cccc(C)c1. The first-order valence-electron chi connectivity index (χ1n) is 12.3. The molecule has 198 valence electrons. The number of ether oxygens (including phenoxy) is 3. The summed E-state index contributed by atoms with van der Waals surface area (Å²) in [5.41, 5.74) is 2.77. The summed E-state index contributed by atoms with van der Waals surface area (Å²) >= 11 is 7.42. The van der Waals surface area contributed by atoms with Crippen molar-refractivity contribution in [2.45, 2.75) is 13.5 Å². The van der Waals surface area contributed by atoms with Crippen LogP contribution in [0.4, 0.5) is 4.79 Å². The molecule has 1 saturated heterocycles. The molecular weight excluding hydrogens is 534 g/mol. The zero-order chi connectivity index (χ0) is 27.4. The van der Waals surface area contributed by atoms with Gasteiger partial charge in [0.15, 0.2) is 11.5 Å². The van der Waals surface area contributed by atoms with E-state index in [1.54, 1.807) is 18.2 Å². The van der Waals surface area contributed by atoms with Crippen LogP contribution in [0.1, 0.15) is 16.7 Å². The van der Waals surface area contributed by atoms with Crippen LogP contribution < -0.4 is 14.2 Å². The minimum absolute atomic E-state index is 0.140. The van der Waals surface area contributed by atoms with Gasteiger partial charge in [0.05, 0.1) is 23.6 Å². The van der Waals surface area contributed by atoms with E-state index in [4.69, 9.17) is 25.8 Å². The predicted octanol–water partition coefficient (Wildman–Crippen LogP) is 7.50. The number of hydrogen-bond acceptors (Lipinski definition) is 6. The van der Waals surface area contributed by atoms with E-state index in [9.17, 15) is 9.59 Å². The van der Waals surface area contributed by atoms with Crippen molar-refractivity contribution in [2.75, 3.05) is 20.3 Å². The van der Waals surface area contributed by atoms with Gasteiger partial charge in [0.2, 0.25) is 0 Å². The Labute approximate surface area is 236 Å². The minimum atomic E-state index is -0.374. The van der Waals surface area contributed by atoms with Crippen molar-refractivity contribution >= 4 is 51.4 Å². The molecule has 1 heterocycles. The number of methoxy groups -OCH3 is 1. The summed E-state index contributed by atoms with van der Waals surface area (Å²) < 4.78 is 17.4. The second kappa shape index (κ2) is 11.8. The maximum Gasteiger partial charge on any atom is 0.293 e. The third kappa shape index (κ3) is 6.05. The molecule has 0 bridgehead atoms. The zero-order valence-corrected chi connectivity index (χ0v) is 23.1. The number of imide groups is 1. The molecule has 2 amide bonds. The number of halogens is 1. The standard InChI is InChI=1S/C31H26ClNO5S/c1-20-7-5-8-21(15-20)19-38-29-25(32)16-22(17-27(29)36-2)18-28-30(34)33(31(35)39-28)13-14-37-26-12-6-10-23-9-3-4-11-24(23)26/h3-12,15-18H,13-14,19H2,1-2H3/b28-18-. The third-order valence-electron chi connectivity index (χ3n) is 6.21. The van der Waals surface area contributed by atoms with Crippen molar-refractivity contribution < 1.29 is 23.8 Å². The Hall–Kier alpha value is -3.94. The Bertz CT molecular complexity index is 1580. The van der Waals surface area contributed by atoms with Gasteiger partial charge in [0, 0.05) is 5.39 Å². The van der Waals surface area contributed by atoms with Crippen LogP contribution in [0.15, 0.2) is 83.8 Å². The van der Waals surface area contributed by atoms with Gasteiger partial charge >= 0.3 is 0 Å². The highest BCUT2D eigenvalue weighted by atomic mass is 35.5. The summed E-state index contributed by atoms with van der Waals surface area (Å²) in [5.74, 6) is 1.18. The number of nitrogens with zero attached hydrogens (tertiary/aromatic N) is 1. The predicted molar refractivity (Wildman–Crippen MR) is 156 cm³/mol. The van der Waals surface area contributed by atoms with Gasteiger partial charge in [0.25, 0.3) is 11.1 Å². The summed E-state index contributed by atoms with van der Waals surface area (Å²) in [6, 6.07) is 25.1. The van der Waals surface area contributed by atoms with Gasteiger partial charge in [-0.3, -0.25) is 14.5 Å². The van der Waals surface area contributed by atoms with Crippen molar-refractivity contribution in [3.8, 4) is 17.2 Å². The molecule has 8 heteroatoms. The van der Waals surface area contributed by atoms with Gasteiger partial charge in [-0.25, -0.2) is 0 Å². The molecule has 0 aromatic heterocycles. The van der Waals surface area contributed by atoms with E-state index >= 15 is 0 Å². The summed E-state index contributed by atoms with van der Waals surface area (Å²) in [7, 11) is 1.53. The van der Waals surface area contributed by atoms with E-state index in [2.05, 4.69) is 0 Å². The zero-order valence-electron chi connectivity index (χ0n) is 21.5. The van der Waals surface area contributed by atoms with E-state index in [0.717, 1.165) is 33.7 Å². The smallest absolute Gasteiger partial charge is 0.293 e. The van der Waals surface area contributed by atoms with Gasteiger partial charge in [0.1, 0.15) is 19.0 Å². The Kier molecular flexibility index (Phi) is 8.10. The van der Waals surface area contributed by atoms with Crippen LogP contribution in [0.3, 0.4) is 0 Å². The lowest BCUT2D eigenvalue weighted by Gasteiger charge is -2.14. The van der Waals surface area contributed by atoms with E-state index in [-0.39, 0.29) is 24.3 Å². The first-order valence-corrected chi connectivity index (χ1v) is 13.5. The Morgan fingerprint density at radius 3 is 2.54 bits per heavy atom.